The lowest BCUT2D eigenvalue weighted by molar-refractivity contribution is -0.150. The Balaban J connectivity index is 1.73. The molecule has 3 N–H and O–H groups in total. The predicted octanol–water partition coefficient (Wildman–Crippen LogP) is 2.40. The maximum Gasteiger partial charge on any atom is 0.311 e. The zero-order valence-corrected chi connectivity index (χ0v) is 13.7. The third kappa shape index (κ3) is 3.50. The van der Waals surface area contributed by atoms with Crippen molar-refractivity contribution >= 4 is 11.9 Å². The minimum atomic E-state index is -0.936. The Morgan fingerprint density at radius 2 is 1.96 bits per heavy atom. The number of carbonyl (C=O) groups is 2. The topological polar surface area (TPSA) is 112 Å². The van der Waals surface area contributed by atoms with Gasteiger partial charge in [-0.15, -0.1) is 0 Å². The number of carboxylic acids is 1. The van der Waals surface area contributed by atoms with Crippen LogP contribution in [0.2, 0.25) is 0 Å². The molecule has 0 saturated heterocycles. The minimum Gasteiger partial charge on any atom is -0.481 e. The van der Waals surface area contributed by atoms with Crippen molar-refractivity contribution in [3.8, 4) is 11.5 Å². The molecule has 1 fully saturated rings. The lowest BCUT2D eigenvalue weighted by atomic mass is 9.74. The van der Waals surface area contributed by atoms with Gasteiger partial charge in [-0.3, -0.25) is 14.4 Å². The second-order valence-corrected chi connectivity index (χ2v) is 6.42. The summed E-state index contributed by atoms with van der Waals surface area (Å²) in [5.41, 5.74) is -1.05. The molecule has 132 valence electrons. The van der Waals surface area contributed by atoms with Crippen LogP contribution in [-0.2, 0) is 4.79 Å². The van der Waals surface area contributed by atoms with Crippen molar-refractivity contribution in [2.75, 3.05) is 6.54 Å². The molecule has 0 spiro atoms. The van der Waals surface area contributed by atoms with Crippen LogP contribution in [-0.4, -0.2) is 28.5 Å². The van der Waals surface area contributed by atoms with Crippen LogP contribution in [0.4, 0.5) is 0 Å². The van der Waals surface area contributed by atoms with Gasteiger partial charge < -0.3 is 19.8 Å². The number of hydrogen-bond acceptors (Lipinski definition) is 4. The normalized spacial score (nSPS) is 16.3. The van der Waals surface area contributed by atoms with Gasteiger partial charge in [0.05, 0.1) is 17.4 Å². The number of pyridine rings is 1. The van der Waals surface area contributed by atoms with E-state index < -0.39 is 22.9 Å². The largest absolute Gasteiger partial charge is 0.481 e. The molecule has 0 radical (unpaired) electrons. The Hall–Kier alpha value is -2.83. The van der Waals surface area contributed by atoms with Gasteiger partial charge in [0, 0.05) is 6.54 Å². The predicted molar refractivity (Wildman–Crippen MR) is 90.3 cm³/mol. The number of carboxylic acid groups (broad SMARTS) is 1. The van der Waals surface area contributed by atoms with Gasteiger partial charge in [-0.25, -0.2) is 0 Å². The van der Waals surface area contributed by atoms with Crippen molar-refractivity contribution in [1.82, 2.24) is 10.3 Å². The molecule has 3 rings (SSSR count). The van der Waals surface area contributed by atoms with Crippen LogP contribution in [0.3, 0.4) is 0 Å². The minimum absolute atomic E-state index is 0.0283. The van der Waals surface area contributed by atoms with Gasteiger partial charge in [-0.1, -0.05) is 19.3 Å². The lowest BCUT2D eigenvalue weighted by Gasteiger charge is -2.33. The summed E-state index contributed by atoms with van der Waals surface area (Å²) >= 11 is 0. The molecular weight excluding hydrogens is 324 g/mol. The van der Waals surface area contributed by atoms with Crippen molar-refractivity contribution in [1.29, 1.82) is 0 Å². The van der Waals surface area contributed by atoms with Gasteiger partial charge in [0.15, 0.2) is 0 Å². The van der Waals surface area contributed by atoms with Crippen molar-refractivity contribution in [3.63, 3.8) is 0 Å². The Labute approximate surface area is 144 Å². The molecule has 7 nitrogen and oxygen atoms in total. The van der Waals surface area contributed by atoms with Crippen molar-refractivity contribution < 1.29 is 19.1 Å². The quantitative estimate of drug-likeness (QED) is 0.771. The maximum atomic E-state index is 12.3. The number of nitrogens with one attached hydrogen (secondary N) is 2. The summed E-state index contributed by atoms with van der Waals surface area (Å²) in [6, 6.07) is 6.40. The number of H-pyrrole nitrogens is 1. The highest BCUT2D eigenvalue weighted by Gasteiger charge is 2.39. The van der Waals surface area contributed by atoms with Crippen LogP contribution in [0.5, 0.6) is 0 Å². The fourth-order valence-corrected chi connectivity index (χ4v) is 3.27. The molecule has 7 heteroatoms. The number of hydrogen-bond donors (Lipinski definition) is 3. The van der Waals surface area contributed by atoms with E-state index in [9.17, 15) is 19.5 Å². The average Bonchev–Trinajstić information content (AvgIpc) is 3.15. The highest BCUT2D eigenvalue weighted by molar-refractivity contribution is 5.94. The van der Waals surface area contributed by atoms with Gasteiger partial charge >= 0.3 is 5.97 Å². The van der Waals surface area contributed by atoms with Crippen LogP contribution in [0.15, 0.2) is 39.7 Å². The molecule has 25 heavy (non-hydrogen) atoms. The van der Waals surface area contributed by atoms with E-state index in [4.69, 9.17) is 4.42 Å². The van der Waals surface area contributed by atoms with Crippen LogP contribution < -0.4 is 10.9 Å². The Morgan fingerprint density at radius 1 is 1.20 bits per heavy atom. The van der Waals surface area contributed by atoms with E-state index in [-0.39, 0.29) is 12.1 Å². The van der Waals surface area contributed by atoms with Gasteiger partial charge in [0.1, 0.15) is 11.3 Å². The van der Waals surface area contributed by atoms with E-state index in [1.165, 1.54) is 12.3 Å². The first kappa shape index (κ1) is 17.0. The van der Waals surface area contributed by atoms with Gasteiger partial charge in [-0.2, -0.15) is 0 Å². The molecule has 0 aromatic carbocycles. The number of rotatable bonds is 5. The van der Waals surface area contributed by atoms with E-state index in [1.807, 2.05) is 0 Å². The summed E-state index contributed by atoms with van der Waals surface area (Å²) in [5.74, 6) is -0.968. The van der Waals surface area contributed by atoms with E-state index >= 15 is 0 Å². The van der Waals surface area contributed by atoms with Crippen LogP contribution >= 0.6 is 0 Å². The lowest BCUT2D eigenvalue weighted by Crippen LogP contribution is -2.45. The van der Waals surface area contributed by atoms with Crippen LogP contribution in [0.1, 0.15) is 42.5 Å². The third-order valence-electron chi connectivity index (χ3n) is 4.79. The van der Waals surface area contributed by atoms with E-state index in [0.29, 0.717) is 24.3 Å². The zero-order chi connectivity index (χ0) is 17.9. The van der Waals surface area contributed by atoms with E-state index in [0.717, 1.165) is 19.3 Å². The number of amides is 1. The molecule has 0 aliphatic heterocycles. The van der Waals surface area contributed by atoms with Crippen molar-refractivity contribution in [3.05, 3.63) is 46.4 Å². The Bertz CT molecular complexity index is 816. The summed E-state index contributed by atoms with van der Waals surface area (Å²) in [7, 11) is 0. The first-order valence-electron chi connectivity index (χ1n) is 8.31. The van der Waals surface area contributed by atoms with E-state index in [2.05, 4.69) is 10.3 Å². The van der Waals surface area contributed by atoms with Crippen molar-refractivity contribution in [2.45, 2.75) is 32.1 Å². The van der Waals surface area contributed by atoms with Crippen LogP contribution in [0, 0.1) is 5.41 Å². The number of carbonyl (C=O) groups excluding carboxylic acids is 1. The number of furan rings is 1. The first-order chi connectivity index (χ1) is 12.0. The van der Waals surface area contributed by atoms with Gasteiger partial charge in [-0.05, 0) is 37.1 Å². The molecular formula is C18H20N2O5. The first-order valence-corrected chi connectivity index (χ1v) is 8.31. The maximum absolute atomic E-state index is 12.3. The molecule has 1 aliphatic rings. The van der Waals surface area contributed by atoms with E-state index in [1.54, 1.807) is 18.2 Å². The molecule has 2 aromatic heterocycles. The fourth-order valence-electron chi connectivity index (χ4n) is 3.27. The molecule has 0 unspecified atom stereocenters. The van der Waals surface area contributed by atoms with Gasteiger partial charge in [0.2, 0.25) is 0 Å². The molecule has 2 heterocycles. The summed E-state index contributed by atoms with van der Waals surface area (Å²) < 4.78 is 5.21. The molecule has 0 bridgehead atoms. The van der Waals surface area contributed by atoms with Crippen molar-refractivity contribution in [2.24, 2.45) is 5.41 Å². The molecule has 0 atom stereocenters. The summed E-state index contributed by atoms with van der Waals surface area (Å²) in [5, 5.41) is 12.2. The standard InChI is InChI=1S/C18H20N2O5/c21-15(19-11-18(17(23)24)8-2-1-3-9-18)12-6-7-13(20-16(12)22)14-5-4-10-25-14/h4-7,10H,1-3,8-9,11H2,(H,19,21)(H,20,22)(H,23,24). The Kier molecular flexibility index (Phi) is 4.74. The SMILES string of the molecule is O=C(NCC1(C(=O)O)CCCCC1)c1ccc(-c2ccco2)[nH]c1=O. The monoisotopic (exact) mass is 344 g/mol. The molecule has 1 saturated carbocycles. The summed E-state index contributed by atoms with van der Waals surface area (Å²) in [6.07, 6.45) is 5.24. The number of aromatic amines is 1. The molecule has 1 aliphatic carbocycles. The zero-order valence-electron chi connectivity index (χ0n) is 13.7. The second-order valence-electron chi connectivity index (χ2n) is 6.42. The molecule has 2 aromatic rings. The second kappa shape index (κ2) is 6.96. The highest BCUT2D eigenvalue weighted by atomic mass is 16.4. The molecule has 1 amide bonds. The smallest absolute Gasteiger partial charge is 0.311 e. The van der Waals surface area contributed by atoms with Crippen LogP contribution in [0.25, 0.3) is 11.5 Å². The fraction of sp³-hybridized carbons (Fsp3) is 0.389. The average molecular weight is 344 g/mol. The number of aliphatic carboxylic acids is 1. The number of aromatic nitrogens is 1. The van der Waals surface area contributed by atoms with Gasteiger partial charge in [0.25, 0.3) is 11.5 Å². The highest BCUT2D eigenvalue weighted by Crippen LogP contribution is 2.36. The third-order valence-corrected chi connectivity index (χ3v) is 4.79. The summed E-state index contributed by atoms with van der Waals surface area (Å²) in [4.78, 5) is 38.7. The Morgan fingerprint density at radius 3 is 2.56 bits per heavy atom. The summed E-state index contributed by atoms with van der Waals surface area (Å²) in [6.45, 7) is 0.0283.